The Kier molecular flexibility index (Phi) is 3.95. The van der Waals surface area contributed by atoms with Crippen LogP contribution < -0.4 is 10.1 Å². The highest BCUT2D eigenvalue weighted by atomic mass is 35.5. The number of benzene rings is 1. The Bertz CT molecular complexity index is 397. The highest BCUT2D eigenvalue weighted by molar-refractivity contribution is 6.30. The summed E-state index contributed by atoms with van der Waals surface area (Å²) in [7, 11) is 1.72. The van der Waals surface area contributed by atoms with Gasteiger partial charge in [0.15, 0.2) is 0 Å². The van der Waals surface area contributed by atoms with Crippen molar-refractivity contribution in [2.75, 3.05) is 20.2 Å². The van der Waals surface area contributed by atoms with Crippen LogP contribution in [0.2, 0.25) is 5.02 Å². The van der Waals surface area contributed by atoms with Gasteiger partial charge in [0.25, 0.3) is 0 Å². The van der Waals surface area contributed by atoms with Gasteiger partial charge in [-0.1, -0.05) is 25.4 Å². The van der Waals surface area contributed by atoms with Crippen molar-refractivity contribution in [3.05, 3.63) is 28.3 Å². The first kappa shape index (κ1) is 12.7. The minimum atomic E-state index is 0.456. The van der Waals surface area contributed by atoms with E-state index in [9.17, 15) is 0 Å². The molecule has 1 atom stereocenters. The lowest BCUT2D eigenvalue weighted by Crippen LogP contribution is -2.10. The van der Waals surface area contributed by atoms with Crippen LogP contribution >= 0.6 is 11.6 Å². The van der Waals surface area contributed by atoms with Crippen molar-refractivity contribution < 1.29 is 4.74 Å². The molecule has 0 aliphatic carbocycles. The van der Waals surface area contributed by atoms with E-state index in [1.54, 1.807) is 7.11 Å². The lowest BCUT2D eigenvalue weighted by atomic mass is 9.87. The molecule has 1 N–H and O–H groups in total. The number of halogens is 1. The first-order valence-electron chi connectivity index (χ1n) is 6.21. The molecule has 2 nitrogen and oxygen atoms in total. The van der Waals surface area contributed by atoms with Crippen LogP contribution in [0.4, 0.5) is 0 Å². The first-order valence-corrected chi connectivity index (χ1v) is 6.59. The minimum absolute atomic E-state index is 0.456. The molecule has 1 aliphatic heterocycles. The Hall–Kier alpha value is -0.730. The monoisotopic (exact) mass is 253 g/mol. The van der Waals surface area contributed by atoms with Crippen LogP contribution in [0.1, 0.15) is 43.2 Å². The number of rotatable bonds is 3. The first-order chi connectivity index (χ1) is 8.13. The fourth-order valence-electron chi connectivity index (χ4n) is 2.66. The van der Waals surface area contributed by atoms with E-state index in [1.807, 2.05) is 6.07 Å². The molecule has 2 rings (SSSR count). The predicted molar refractivity (Wildman–Crippen MR) is 72.3 cm³/mol. The van der Waals surface area contributed by atoms with Gasteiger partial charge in [-0.3, -0.25) is 0 Å². The third-order valence-electron chi connectivity index (χ3n) is 3.44. The summed E-state index contributed by atoms with van der Waals surface area (Å²) in [4.78, 5) is 0. The molecule has 0 saturated carbocycles. The van der Waals surface area contributed by atoms with Crippen LogP contribution in [-0.2, 0) is 0 Å². The number of nitrogens with one attached hydrogen (secondary N) is 1. The van der Waals surface area contributed by atoms with Crippen molar-refractivity contribution in [2.45, 2.75) is 32.1 Å². The van der Waals surface area contributed by atoms with Crippen LogP contribution in [-0.4, -0.2) is 20.2 Å². The Morgan fingerprint density at radius 2 is 2.18 bits per heavy atom. The molecular formula is C14H20ClNO. The van der Waals surface area contributed by atoms with Gasteiger partial charge in [-0.25, -0.2) is 0 Å². The van der Waals surface area contributed by atoms with Gasteiger partial charge in [-0.15, -0.1) is 0 Å². The van der Waals surface area contributed by atoms with Crippen LogP contribution in [0.3, 0.4) is 0 Å². The predicted octanol–water partition coefficient (Wildman–Crippen LogP) is 3.55. The Morgan fingerprint density at radius 1 is 1.41 bits per heavy atom. The van der Waals surface area contributed by atoms with Crippen molar-refractivity contribution in [1.82, 2.24) is 5.32 Å². The second-order valence-electron chi connectivity index (χ2n) is 4.96. The highest BCUT2D eigenvalue weighted by Crippen LogP contribution is 2.38. The Morgan fingerprint density at radius 3 is 2.71 bits per heavy atom. The summed E-state index contributed by atoms with van der Waals surface area (Å²) in [5, 5.41) is 4.18. The average molecular weight is 254 g/mol. The van der Waals surface area contributed by atoms with Gasteiger partial charge < -0.3 is 10.1 Å². The molecule has 0 radical (unpaired) electrons. The Labute approximate surface area is 108 Å². The second kappa shape index (κ2) is 5.28. The molecule has 1 fully saturated rings. The standard InChI is InChI=1S/C14H20ClNO/c1-9(2)14-12(10-4-5-16-8-10)6-11(15)7-13(14)17-3/h6-7,9-10,16H,4-5,8H2,1-3H3. The molecule has 94 valence electrons. The molecule has 17 heavy (non-hydrogen) atoms. The normalized spacial score (nSPS) is 19.9. The summed E-state index contributed by atoms with van der Waals surface area (Å²) >= 11 is 6.18. The van der Waals surface area contributed by atoms with E-state index in [1.165, 1.54) is 17.5 Å². The zero-order valence-electron chi connectivity index (χ0n) is 10.7. The molecule has 1 unspecified atom stereocenters. The van der Waals surface area contributed by atoms with Crippen molar-refractivity contribution in [2.24, 2.45) is 0 Å². The van der Waals surface area contributed by atoms with Gasteiger partial charge in [-0.05, 0) is 42.5 Å². The molecule has 0 bridgehead atoms. The minimum Gasteiger partial charge on any atom is -0.496 e. The van der Waals surface area contributed by atoms with Gasteiger partial charge in [0.05, 0.1) is 7.11 Å². The maximum absolute atomic E-state index is 6.18. The Balaban J connectivity index is 2.50. The molecule has 1 heterocycles. The third-order valence-corrected chi connectivity index (χ3v) is 3.65. The second-order valence-corrected chi connectivity index (χ2v) is 5.39. The average Bonchev–Trinajstić information content (AvgIpc) is 2.80. The van der Waals surface area contributed by atoms with Crippen LogP contribution in [0.25, 0.3) is 0 Å². The zero-order valence-corrected chi connectivity index (χ0v) is 11.5. The summed E-state index contributed by atoms with van der Waals surface area (Å²) < 4.78 is 5.48. The van der Waals surface area contributed by atoms with Crippen molar-refractivity contribution >= 4 is 11.6 Å². The number of hydrogen-bond donors (Lipinski definition) is 1. The van der Waals surface area contributed by atoms with E-state index in [-0.39, 0.29) is 0 Å². The maximum atomic E-state index is 6.18. The topological polar surface area (TPSA) is 21.3 Å². The summed E-state index contributed by atoms with van der Waals surface area (Å²) in [5.41, 5.74) is 2.67. The molecular weight excluding hydrogens is 234 g/mol. The summed E-state index contributed by atoms with van der Waals surface area (Å²) in [5.74, 6) is 1.95. The fourth-order valence-corrected chi connectivity index (χ4v) is 2.87. The van der Waals surface area contributed by atoms with E-state index in [0.717, 1.165) is 23.9 Å². The van der Waals surface area contributed by atoms with Crippen LogP contribution in [0.15, 0.2) is 12.1 Å². The molecule has 0 aromatic heterocycles. The van der Waals surface area contributed by atoms with Gasteiger partial charge in [0.2, 0.25) is 0 Å². The van der Waals surface area contributed by atoms with Gasteiger partial charge in [0, 0.05) is 17.1 Å². The summed E-state index contributed by atoms with van der Waals surface area (Å²) in [6.07, 6.45) is 1.18. The molecule has 1 aromatic carbocycles. The number of ether oxygens (including phenoxy) is 1. The summed E-state index contributed by atoms with van der Waals surface area (Å²) in [6, 6.07) is 4.03. The maximum Gasteiger partial charge on any atom is 0.124 e. The third kappa shape index (κ3) is 2.58. The number of hydrogen-bond acceptors (Lipinski definition) is 2. The zero-order chi connectivity index (χ0) is 12.4. The molecule has 3 heteroatoms. The SMILES string of the molecule is COc1cc(Cl)cc(C2CCNC2)c1C(C)C. The lowest BCUT2D eigenvalue weighted by Gasteiger charge is -2.21. The van der Waals surface area contributed by atoms with E-state index < -0.39 is 0 Å². The van der Waals surface area contributed by atoms with E-state index in [2.05, 4.69) is 25.2 Å². The van der Waals surface area contributed by atoms with Crippen LogP contribution in [0, 0.1) is 0 Å². The van der Waals surface area contributed by atoms with Crippen LogP contribution in [0.5, 0.6) is 5.75 Å². The molecule has 1 aliphatic rings. The van der Waals surface area contributed by atoms with E-state index >= 15 is 0 Å². The lowest BCUT2D eigenvalue weighted by molar-refractivity contribution is 0.406. The van der Waals surface area contributed by atoms with Gasteiger partial charge in [0.1, 0.15) is 5.75 Å². The van der Waals surface area contributed by atoms with Crippen molar-refractivity contribution in [3.63, 3.8) is 0 Å². The van der Waals surface area contributed by atoms with Crippen molar-refractivity contribution in [1.29, 1.82) is 0 Å². The molecule has 0 amide bonds. The van der Waals surface area contributed by atoms with Gasteiger partial charge >= 0.3 is 0 Å². The number of methoxy groups -OCH3 is 1. The highest BCUT2D eigenvalue weighted by Gasteiger charge is 2.23. The smallest absolute Gasteiger partial charge is 0.124 e. The van der Waals surface area contributed by atoms with Crippen molar-refractivity contribution in [3.8, 4) is 5.75 Å². The fraction of sp³-hybridized carbons (Fsp3) is 0.571. The molecule has 1 aromatic rings. The molecule has 1 saturated heterocycles. The van der Waals surface area contributed by atoms with Gasteiger partial charge in [-0.2, -0.15) is 0 Å². The largest absolute Gasteiger partial charge is 0.496 e. The van der Waals surface area contributed by atoms with E-state index in [4.69, 9.17) is 16.3 Å². The molecule has 0 spiro atoms. The summed E-state index contributed by atoms with van der Waals surface area (Å²) in [6.45, 7) is 6.55. The van der Waals surface area contributed by atoms with E-state index in [0.29, 0.717) is 11.8 Å². The quantitative estimate of drug-likeness (QED) is 0.890.